The molecule has 1 aliphatic rings. The summed E-state index contributed by atoms with van der Waals surface area (Å²) in [5, 5.41) is 7.99. The molecule has 158 valence electrons. The number of hydrogen-bond acceptors (Lipinski definition) is 3. The van der Waals surface area contributed by atoms with Crippen molar-refractivity contribution < 1.29 is 0 Å². The van der Waals surface area contributed by atoms with Crippen LogP contribution in [-0.4, -0.2) is 60.4 Å². The Kier molecular flexibility index (Phi) is 8.12. The zero-order valence-corrected chi connectivity index (χ0v) is 19.6. The minimum absolute atomic E-state index is 0. The number of benzene rings is 2. The van der Waals surface area contributed by atoms with E-state index in [4.69, 9.17) is 0 Å². The average Bonchev–Trinajstić information content (AvgIpc) is 3.27. The number of piperazine rings is 1. The summed E-state index contributed by atoms with van der Waals surface area (Å²) in [4.78, 5) is 9.26. The van der Waals surface area contributed by atoms with Crippen LogP contribution in [0.15, 0.2) is 78.0 Å². The smallest absolute Gasteiger partial charge is 0.193 e. The first-order chi connectivity index (χ1) is 14.3. The van der Waals surface area contributed by atoms with E-state index in [0.29, 0.717) is 0 Å². The zero-order valence-electron chi connectivity index (χ0n) is 17.3. The van der Waals surface area contributed by atoms with Gasteiger partial charge in [0.05, 0.1) is 11.9 Å². The van der Waals surface area contributed by atoms with Gasteiger partial charge in [0, 0.05) is 51.7 Å². The molecule has 1 fully saturated rings. The maximum atomic E-state index is 4.49. The number of guanidine groups is 1. The molecule has 30 heavy (non-hydrogen) atoms. The molecule has 1 N–H and O–H groups in total. The number of rotatable bonds is 5. The van der Waals surface area contributed by atoms with Crippen LogP contribution >= 0.6 is 24.0 Å². The van der Waals surface area contributed by atoms with Gasteiger partial charge in [-0.3, -0.25) is 4.99 Å². The molecule has 0 saturated carbocycles. The van der Waals surface area contributed by atoms with Crippen LogP contribution in [-0.2, 0) is 6.42 Å². The van der Waals surface area contributed by atoms with E-state index in [1.54, 1.807) is 0 Å². The number of aliphatic imine (C=N–C) groups is 1. The second kappa shape index (κ2) is 11.0. The number of hydrogen-bond donors (Lipinski definition) is 1. The highest BCUT2D eigenvalue weighted by atomic mass is 127. The molecule has 7 heteroatoms. The van der Waals surface area contributed by atoms with Gasteiger partial charge >= 0.3 is 0 Å². The number of halogens is 1. The van der Waals surface area contributed by atoms with Crippen LogP contribution in [0.5, 0.6) is 0 Å². The SMILES string of the molecule is CN=C(NCCc1cnn(-c2ccccc2)c1)N1CCN(c2ccccc2)CC1.I. The molecule has 0 spiro atoms. The molecule has 3 aromatic rings. The lowest BCUT2D eigenvalue weighted by Gasteiger charge is -2.37. The second-order valence-corrected chi connectivity index (χ2v) is 7.16. The fourth-order valence-corrected chi connectivity index (χ4v) is 3.68. The van der Waals surface area contributed by atoms with Crippen LogP contribution in [0.25, 0.3) is 5.69 Å². The molecule has 1 saturated heterocycles. The number of para-hydroxylation sites is 2. The molecule has 1 aromatic heterocycles. The lowest BCUT2D eigenvalue weighted by Crippen LogP contribution is -2.52. The number of nitrogens with zero attached hydrogens (tertiary/aromatic N) is 5. The lowest BCUT2D eigenvalue weighted by atomic mass is 10.2. The Hall–Kier alpha value is -2.55. The number of anilines is 1. The Morgan fingerprint density at radius 3 is 2.20 bits per heavy atom. The van der Waals surface area contributed by atoms with E-state index < -0.39 is 0 Å². The van der Waals surface area contributed by atoms with Crippen LogP contribution in [0.1, 0.15) is 5.56 Å². The highest BCUT2D eigenvalue weighted by Gasteiger charge is 2.19. The molecule has 6 nitrogen and oxygen atoms in total. The van der Waals surface area contributed by atoms with Crippen molar-refractivity contribution in [3.8, 4) is 5.69 Å². The maximum absolute atomic E-state index is 4.49. The highest BCUT2D eigenvalue weighted by molar-refractivity contribution is 14.0. The van der Waals surface area contributed by atoms with Gasteiger partial charge in [0.1, 0.15) is 0 Å². The van der Waals surface area contributed by atoms with Crippen molar-refractivity contribution in [3.05, 3.63) is 78.6 Å². The number of nitrogens with one attached hydrogen (secondary N) is 1. The van der Waals surface area contributed by atoms with Gasteiger partial charge in [-0.15, -0.1) is 24.0 Å². The Balaban J connectivity index is 0.00000256. The van der Waals surface area contributed by atoms with Crippen molar-refractivity contribution in [2.24, 2.45) is 4.99 Å². The molecule has 0 atom stereocenters. The molecule has 1 aliphatic heterocycles. The first-order valence-electron chi connectivity index (χ1n) is 10.2. The zero-order chi connectivity index (χ0) is 19.9. The van der Waals surface area contributed by atoms with Gasteiger partial charge in [0.25, 0.3) is 0 Å². The Morgan fingerprint density at radius 2 is 1.57 bits per heavy atom. The third-order valence-corrected chi connectivity index (χ3v) is 5.27. The van der Waals surface area contributed by atoms with Gasteiger partial charge in [0.2, 0.25) is 0 Å². The predicted octanol–water partition coefficient (Wildman–Crippen LogP) is 3.43. The molecular weight excluding hydrogens is 487 g/mol. The van der Waals surface area contributed by atoms with Crippen molar-refractivity contribution in [1.29, 1.82) is 0 Å². The van der Waals surface area contributed by atoms with E-state index >= 15 is 0 Å². The quantitative estimate of drug-likeness (QED) is 0.321. The summed E-state index contributed by atoms with van der Waals surface area (Å²) in [7, 11) is 1.86. The van der Waals surface area contributed by atoms with Gasteiger partial charge in [-0.25, -0.2) is 4.68 Å². The van der Waals surface area contributed by atoms with Crippen LogP contribution < -0.4 is 10.2 Å². The largest absolute Gasteiger partial charge is 0.368 e. The van der Waals surface area contributed by atoms with Gasteiger partial charge in [-0.05, 0) is 36.2 Å². The maximum Gasteiger partial charge on any atom is 0.193 e. The van der Waals surface area contributed by atoms with Gasteiger partial charge in [-0.1, -0.05) is 36.4 Å². The van der Waals surface area contributed by atoms with E-state index in [9.17, 15) is 0 Å². The Labute approximate surface area is 195 Å². The molecule has 2 aromatic carbocycles. The first kappa shape index (κ1) is 22.1. The molecule has 0 unspecified atom stereocenters. The van der Waals surface area contributed by atoms with E-state index in [1.165, 1.54) is 11.3 Å². The van der Waals surface area contributed by atoms with Crippen molar-refractivity contribution in [3.63, 3.8) is 0 Å². The van der Waals surface area contributed by atoms with Crippen molar-refractivity contribution in [1.82, 2.24) is 20.0 Å². The monoisotopic (exact) mass is 516 g/mol. The topological polar surface area (TPSA) is 48.7 Å². The minimum atomic E-state index is 0. The van der Waals surface area contributed by atoms with Crippen LogP contribution in [0, 0.1) is 0 Å². The molecule has 0 amide bonds. The van der Waals surface area contributed by atoms with Crippen molar-refractivity contribution in [2.75, 3.05) is 44.7 Å². The first-order valence-corrected chi connectivity index (χ1v) is 10.2. The van der Waals surface area contributed by atoms with Crippen molar-refractivity contribution >= 4 is 35.6 Å². The summed E-state index contributed by atoms with van der Waals surface area (Å²) in [6.07, 6.45) is 4.95. The Morgan fingerprint density at radius 1 is 0.933 bits per heavy atom. The third kappa shape index (κ3) is 5.53. The molecule has 0 radical (unpaired) electrons. The second-order valence-electron chi connectivity index (χ2n) is 7.16. The van der Waals surface area contributed by atoms with Gasteiger partial charge < -0.3 is 15.1 Å². The minimum Gasteiger partial charge on any atom is -0.368 e. The summed E-state index contributed by atoms with van der Waals surface area (Å²) in [5.74, 6) is 0.980. The molecule has 0 bridgehead atoms. The summed E-state index contributed by atoms with van der Waals surface area (Å²) >= 11 is 0. The van der Waals surface area contributed by atoms with E-state index in [0.717, 1.165) is 50.8 Å². The Bertz CT molecular complexity index is 917. The molecule has 4 rings (SSSR count). The highest BCUT2D eigenvalue weighted by Crippen LogP contribution is 2.15. The average molecular weight is 516 g/mol. The molecular formula is C23H29IN6. The number of aromatic nitrogens is 2. The fraction of sp³-hybridized carbons (Fsp3) is 0.304. The van der Waals surface area contributed by atoms with Crippen LogP contribution in [0.2, 0.25) is 0 Å². The molecule has 0 aliphatic carbocycles. The van der Waals surface area contributed by atoms with Crippen LogP contribution in [0.3, 0.4) is 0 Å². The summed E-state index contributed by atoms with van der Waals surface area (Å²) in [6, 6.07) is 20.8. The fourth-order valence-electron chi connectivity index (χ4n) is 3.68. The standard InChI is InChI=1S/C23H28N6.HI/c1-24-23(28-16-14-27(15-17-28)21-8-4-2-5-9-21)25-13-12-20-18-26-29(19-20)22-10-6-3-7-11-22;/h2-11,18-19H,12-17H2,1H3,(H,24,25);1H. The summed E-state index contributed by atoms with van der Waals surface area (Å²) < 4.78 is 1.92. The van der Waals surface area contributed by atoms with Crippen molar-refractivity contribution in [2.45, 2.75) is 6.42 Å². The molecule has 2 heterocycles. The van der Waals surface area contributed by atoms with E-state index in [2.05, 4.69) is 73.9 Å². The predicted molar refractivity (Wildman–Crippen MR) is 134 cm³/mol. The lowest BCUT2D eigenvalue weighted by molar-refractivity contribution is 0.373. The third-order valence-electron chi connectivity index (χ3n) is 5.27. The van der Waals surface area contributed by atoms with Gasteiger partial charge in [0.15, 0.2) is 5.96 Å². The van der Waals surface area contributed by atoms with Gasteiger partial charge in [-0.2, -0.15) is 5.10 Å². The normalized spacial score (nSPS) is 14.4. The van der Waals surface area contributed by atoms with E-state index in [1.807, 2.05) is 36.1 Å². The van der Waals surface area contributed by atoms with E-state index in [-0.39, 0.29) is 24.0 Å². The van der Waals surface area contributed by atoms with Crippen LogP contribution in [0.4, 0.5) is 5.69 Å². The summed E-state index contributed by atoms with van der Waals surface area (Å²) in [5.41, 5.74) is 3.59. The summed E-state index contributed by atoms with van der Waals surface area (Å²) in [6.45, 7) is 4.80.